The number of hydrogen-bond donors (Lipinski definition) is 0. The zero-order valence-corrected chi connectivity index (χ0v) is 6.86. The number of aromatic nitrogens is 1. The van der Waals surface area contributed by atoms with E-state index in [1.807, 2.05) is 13.0 Å². The number of rotatable bonds is 3. The van der Waals surface area contributed by atoms with Crippen LogP contribution in [0.5, 0.6) is 0 Å². The van der Waals surface area contributed by atoms with Crippen LogP contribution in [0.25, 0.3) is 0 Å². The first-order chi connectivity index (χ1) is 5.68. The van der Waals surface area contributed by atoms with Crippen molar-refractivity contribution in [2.75, 3.05) is 6.54 Å². The van der Waals surface area contributed by atoms with Crippen LogP contribution in [-0.4, -0.2) is 16.5 Å². The zero-order chi connectivity index (χ0) is 8.97. The Labute approximate surface area is 70.4 Å². The van der Waals surface area contributed by atoms with Crippen molar-refractivity contribution in [3.63, 3.8) is 0 Å². The molecule has 0 atom stereocenters. The predicted octanol–water partition coefficient (Wildman–Crippen LogP) is 1.21. The molecule has 0 unspecified atom stereocenters. The Bertz CT molecular complexity index is 286. The lowest BCUT2D eigenvalue weighted by Crippen LogP contribution is -2.04. The van der Waals surface area contributed by atoms with E-state index in [1.165, 1.54) is 0 Å². The van der Waals surface area contributed by atoms with Crippen molar-refractivity contribution in [2.24, 2.45) is 0 Å². The third kappa shape index (κ3) is 2.65. The second-order valence-corrected chi connectivity index (χ2v) is 2.61. The topological polar surface area (TPSA) is 56.0 Å². The van der Waals surface area contributed by atoms with Gasteiger partial charge in [-0.15, -0.1) is 0 Å². The molecule has 0 aliphatic carbocycles. The smallest absolute Gasteiger partial charge is 0.207 e. The van der Waals surface area contributed by atoms with E-state index >= 15 is 0 Å². The molecular weight excluding hydrogens is 156 g/mol. The molecule has 1 aromatic rings. The molecule has 0 saturated carbocycles. The molecule has 64 valence electrons. The Kier molecular flexibility index (Phi) is 2.74. The van der Waals surface area contributed by atoms with Crippen molar-refractivity contribution in [1.29, 1.82) is 0 Å². The summed E-state index contributed by atoms with van der Waals surface area (Å²) in [6.07, 6.45) is 2.15. The molecule has 0 spiro atoms. The van der Waals surface area contributed by atoms with E-state index in [4.69, 9.17) is 0 Å². The quantitative estimate of drug-likeness (QED) is 0.501. The monoisotopic (exact) mass is 166 g/mol. The Balaban J connectivity index is 2.57. The van der Waals surface area contributed by atoms with Gasteiger partial charge in [-0.1, -0.05) is 0 Å². The summed E-state index contributed by atoms with van der Waals surface area (Å²) in [5.74, 6) is 0. The van der Waals surface area contributed by atoms with Crippen LogP contribution in [0.1, 0.15) is 11.3 Å². The van der Waals surface area contributed by atoms with Gasteiger partial charge in [-0.2, -0.15) is 0 Å². The van der Waals surface area contributed by atoms with Gasteiger partial charge in [0.05, 0.1) is 0 Å². The van der Waals surface area contributed by atoms with E-state index in [9.17, 15) is 10.1 Å². The second-order valence-electron chi connectivity index (χ2n) is 2.61. The van der Waals surface area contributed by atoms with Crippen molar-refractivity contribution >= 4 is 0 Å². The third-order valence-electron chi connectivity index (χ3n) is 1.54. The van der Waals surface area contributed by atoms with E-state index < -0.39 is 0 Å². The number of hydrogen-bond acceptors (Lipinski definition) is 3. The maximum absolute atomic E-state index is 10.0. The molecule has 4 nitrogen and oxygen atoms in total. The van der Waals surface area contributed by atoms with Crippen LogP contribution in [0, 0.1) is 17.0 Å². The Morgan fingerprint density at radius 3 is 3.00 bits per heavy atom. The number of nitro groups is 1. The van der Waals surface area contributed by atoms with Crippen LogP contribution in [0.15, 0.2) is 18.3 Å². The highest BCUT2D eigenvalue weighted by Gasteiger charge is 1.99. The highest BCUT2D eigenvalue weighted by molar-refractivity contribution is 5.15. The van der Waals surface area contributed by atoms with Gasteiger partial charge in [0, 0.05) is 23.2 Å². The molecule has 1 rings (SSSR count). The second kappa shape index (κ2) is 3.80. The molecule has 1 heterocycles. The molecule has 0 aromatic carbocycles. The van der Waals surface area contributed by atoms with E-state index in [2.05, 4.69) is 4.98 Å². The third-order valence-corrected chi connectivity index (χ3v) is 1.54. The van der Waals surface area contributed by atoms with Crippen LogP contribution in [-0.2, 0) is 6.42 Å². The molecule has 0 N–H and O–H groups in total. The summed E-state index contributed by atoms with van der Waals surface area (Å²) in [6, 6.07) is 3.67. The molecule has 0 aliphatic heterocycles. The van der Waals surface area contributed by atoms with Crippen LogP contribution < -0.4 is 0 Å². The summed E-state index contributed by atoms with van der Waals surface area (Å²) in [4.78, 5) is 13.7. The SMILES string of the molecule is Cc1cc(CC[N+](=O)[O-])ccn1. The van der Waals surface area contributed by atoms with Gasteiger partial charge in [-0.3, -0.25) is 15.1 Å². The van der Waals surface area contributed by atoms with Gasteiger partial charge in [0.15, 0.2) is 0 Å². The van der Waals surface area contributed by atoms with Crippen molar-refractivity contribution in [2.45, 2.75) is 13.3 Å². The molecular formula is C8H10N2O2. The van der Waals surface area contributed by atoms with Gasteiger partial charge in [-0.05, 0) is 24.6 Å². The van der Waals surface area contributed by atoms with E-state index in [-0.39, 0.29) is 11.5 Å². The fraction of sp³-hybridized carbons (Fsp3) is 0.375. The minimum Gasteiger partial charge on any atom is -0.265 e. The van der Waals surface area contributed by atoms with Crippen molar-refractivity contribution in [3.8, 4) is 0 Å². The predicted molar refractivity (Wildman–Crippen MR) is 44.5 cm³/mol. The average Bonchev–Trinajstić information content (AvgIpc) is 2.01. The first kappa shape index (κ1) is 8.64. The lowest BCUT2D eigenvalue weighted by Gasteiger charge is -1.97. The fourth-order valence-electron chi connectivity index (χ4n) is 0.980. The van der Waals surface area contributed by atoms with Gasteiger partial charge in [0.2, 0.25) is 6.54 Å². The molecule has 0 fully saturated rings. The highest BCUT2D eigenvalue weighted by Crippen LogP contribution is 2.01. The van der Waals surface area contributed by atoms with Gasteiger partial charge in [0.25, 0.3) is 0 Å². The van der Waals surface area contributed by atoms with Gasteiger partial charge in [-0.25, -0.2) is 0 Å². The van der Waals surface area contributed by atoms with Crippen molar-refractivity contribution < 1.29 is 4.92 Å². The first-order valence-electron chi connectivity index (χ1n) is 3.72. The fourth-order valence-corrected chi connectivity index (χ4v) is 0.980. The molecule has 1 aromatic heterocycles. The number of pyridine rings is 1. The summed E-state index contributed by atoms with van der Waals surface area (Å²) >= 11 is 0. The molecule has 0 bridgehead atoms. The van der Waals surface area contributed by atoms with Crippen molar-refractivity contribution in [3.05, 3.63) is 39.7 Å². The molecule has 0 radical (unpaired) electrons. The number of nitrogens with zero attached hydrogens (tertiary/aromatic N) is 2. The standard InChI is InChI=1S/C8H10N2O2/c1-7-6-8(2-4-9-7)3-5-10(11)12/h2,4,6H,3,5H2,1H3. The molecule has 0 saturated heterocycles. The molecule has 0 amide bonds. The molecule has 0 aliphatic rings. The van der Waals surface area contributed by atoms with Crippen molar-refractivity contribution in [1.82, 2.24) is 4.98 Å². The summed E-state index contributed by atoms with van der Waals surface area (Å²) in [5.41, 5.74) is 1.87. The van der Waals surface area contributed by atoms with Crippen LogP contribution >= 0.6 is 0 Å². The van der Waals surface area contributed by atoms with Crippen LogP contribution in [0.4, 0.5) is 0 Å². The highest BCUT2D eigenvalue weighted by atomic mass is 16.6. The van der Waals surface area contributed by atoms with Gasteiger partial charge >= 0.3 is 0 Å². The normalized spacial score (nSPS) is 9.75. The first-order valence-corrected chi connectivity index (χ1v) is 3.72. The van der Waals surface area contributed by atoms with Crippen LogP contribution in [0.2, 0.25) is 0 Å². The van der Waals surface area contributed by atoms with Crippen LogP contribution in [0.3, 0.4) is 0 Å². The van der Waals surface area contributed by atoms with E-state index in [0.29, 0.717) is 6.42 Å². The summed E-state index contributed by atoms with van der Waals surface area (Å²) < 4.78 is 0. The molecule has 4 heteroatoms. The van der Waals surface area contributed by atoms with Gasteiger partial charge < -0.3 is 0 Å². The Morgan fingerprint density at radius 1 is 1.67 bits per heavy atom. The largest absolute Gasteiger partial charge is 0.265 e. The van der Waals surface area contributed by atoms with Gasteiger partial charge in [0.1, 0.15) is 0 Å². The van der Waals surface area contributed by atoms with E-state index in [1.54, 1.807) is 12.3 Å². The zero-order valence-electron chi connectivity index (χ0n) is 6.86. The summed E-state index contributed by atoms with van der Waals surface area (Å²) in [7, 11) is 0. The molecule has 12 heavy (non-hydrogen) atoms. The summed E-state index contributed by atoms with van der Waals surface area (Å²) in [5, 5.41) is 10.0. The minimum absolute atomic E-state index is 0.0105. The lowest BCUT2D eigenvalue weighted by molar-refractivity contribution is -0.479. The van der Waals surface area contributed by atoms with E-state index in [0.717, 1.165) is 11.3 Å². The Hall–Kier alpha value is -1.45. The average molecular weight is 166 g/mol. The number of aryl methyl sites for hydroxylation is 1. The lowest BCUT2D eigenvalue weighted by atomic mass is 10.2. The maximum atomic E-state index is 10.0. The minimum atomic E-state index is -0.310. The Morgan fingerprint density at radius 2 is 2.42 bits per heavy atom. The summed E-state index contributed by atoms with van der Waals surface area (Å²) in [6.45, 7) is 1.86. The maximum Gasteiger partial charge on any atom is 0.207 e.